The molecule has 1 unspecified atom stereocenters. The zero-order valence-electron chi connectivity index (χ0n) is 11.4. The van der Waals surface area contributed by atoms with Crippen LogP contribution in [0.25, 0.3) is 0 Å². The van der Waals surface area contributed by atoms with Gasteiger partial charge in [-0.25, -0.2) is 4.79 Å². The van der Waals surface area contributed by atoms with Crippen LogP contribution in [0.2, 0.25) is 0 Å². The van der Waals surface area contributed by atoms with Gasteiger partial charge in [-0.05, 0) is 18.6 Å². The molecule has 1 aromatic rings. The number of para-hydroxylation sites is 1. The summed E-state index contributed by atoms with van der Waals surface area (Å²) in [6.07, 6.45) is 0.939. The molecule has 0 spiro atoms. The number of benzene rings is 1. The Morgan fingerprint density at radius 3 is 3.05 bits per heavy atom. The number of methoxy groups -OCH3 is 1. The smallest absolute Gasteiger partial charge is 0.340 e. The van der Waals surface area contributed by atoms with Crippen LogP contribution >= 0.6 is 0 Å². The quantitative estimate of drug-likeness (QED) is 0.664. The molecule has 0 bridgehead atoms. The summed E-state index contributed by atoms with van der Waals surface area (Å²) in [5.74, 6) is -0.358. The van der Waals surface area contributed by atoms with Gasteiger partial charge >= 0.3 is 5.97 Å². The SMILES string of the molecule is CCC1COCCN1c1c(N)cccc1C(=O)OC. The van der Waals surface area contributed by atoms with E-state index in [2.05, 4.69) is 11.8 Å². The fourth-order valence-electron chi connectivity index (χ4n) is 2.44. The lowest BCUT2D eigenvalue weighted by atomic mass is 10.1. The number of esters is 1. The molecule has 5 nitrogen and oxygen atoms in total. The summed E-state index contributed by atoms with van der Waals surface area (Å²) in [4.78, 5) is 14.0. The van der Waals surface area contributed by atoms with Gasteiger partial charge in [0.25, 0.3) is 0 Å². The topological polar surface area (TPSA) is 64.8 Å². The Kier molecular flexibility index (Phi) is 4.27. The number of hydrogen-bond donors (Lipinski definition) is 1. The van der Waals surface area contributed by atoms with E-state index in [1.165, 1.54) is 7.11 Å². The van der Waals surface area contributed by atoms with E-state index in [1.54, 1.807) is 12.1 Å². The zero-order valence-corrected chi connectivity index (χ0v) is 11.4. The number of hydrogen-bond acceptors (Lipinski definition) is 5. The van der Waals surface area contributed by atoms with Crippen LogP contribution in [0.1, 0.15) is 23.7 Å². The maximum atomic E-state index is 11.9. The Bertz CT molecular complexity index is 462. The Hall–Kier alpha value is -1.75. The lowest BCUT2D eigenvalue weighted by Crippen LogP contribution is -2.46. The molecule has 2 rings (SSSR count). The summed E-state index contributed by atoms with van der Waals surface area (Å²) >= 11 is 0. The van der Waals surface area contributed by atoms with Gasteiger partial charge in [0.15, 0.2) is 0 Å². The largest absolute Gasteiger partial charge is 0.465 e. The molecule has 2 N–H and O–H groups in total. The molecule has 1 heterocycles. The van der Waals surface area contributed by atoms with Crippen LogP contribution in [-0.4, -0.2) is 38.9 Å². The number of anilines is 2. The molecular formula is C14H20N2O3. The summed E-state index contributed by atoms with van der Waals surface area (Å²) in [7, 11) is 1.38. The van der Waals surface area contributed by atoms with E-state index in [1.807, 2.05) is 6.07 Å². The molecule has 1 aliphatic rings. The lowest BCUT2D eigenvalue weighted by Gasteiger charge is -2.38. The van der Waals surface area contributed by atoms with Crippen molar-refractivity contribution in [1.29, 1.82) is 0 Å². The summed E-state index contributed by atoms with van der Waals surface area (Å²) in [6.45, 7) is 4.14. The van der Waals surface area contributed by atoms with E-state index in [4.69, 9.17) is 15.2 Å². The molecule has 0 aliphatic carbocycles. The number of carbonyl (C=O) groups excluding carboxylic acids is 1. The first-order chi connectivity index (χ1) is 9.19. The highest BCUT2D eigenvalue weighted by Crippen LogP contribution is 2.31. The number of morpholine rings is 1. The van der Waals surface area contributed by atoms with Crippen molar-refractivity contribution in [2.45, 2.75) is 19.4 Å². The number of rotatable bonds is 3. The van der Waals surface area contributed by atoms with Crippen molar-refractivity contribution in [1.82, 2.24) is 0 Å². The third-order valence-electron chi connectivity index (χ3n) is 3.46. The average Bonchev–Trinajstić information content (AvgIpc) is 2.46. The molecule has 5 heteroatoms. The zero-order chi connectivity index (χ0) is 13.8. The monoisotopic (exact) mass is 264 g/mol. The molecule has 0 radical (unpaired) electrons. The van der Waals surface area contributed by atoms with Gasteiger partial charge in [-0.2, -0.15) is 0 Å². The fraction of sp³-hybridized carbons (Fsp3) is 0.500. The average molecular weight is 264 g/mol. The highest BCUT2D eigenvalue weighted by atomic mass is 16.5. The number of nitrogen functional groups attached to an aromatic ring is 1. The molecule has 0 saturated carbocycles. The molecule has 19 heavy (non-hydrogen) atoms. The highest BCUT2D eigenvalue weighted by molar-refractivity contribution is 5.99. The highest BCUT2D eigenvalue weighted by Gasteiger charge is 2.27. The van der Waals surface area contributed by atoms with Crippen LogP contribution in [0, 0.1) is 0 Å². The summed E-state index contributed by atoms with van der Waals surface area (Å²) in [5, 5.41) is 0. The first-order valence-electron chi connectivity index (χ1n) is 6.50. The molecule has 0 amide bonds. The van der Waals surface area contributed by atoms with Gasteiger partial charge in [0.2, 0.25) is 0 Å². The summed E-state index contributed by atoms with van der Waals surface area (Å²) < 4.78 is 10.3. The second-order valence-electron chi connectivity index (χ2n) is 4.57. The lowest BCUT2D eigenvalue weighted by molar-refractivity contribution is 0.0599. The predicted octanol–water partition coefficient (Wildman–Crippen LogP) is 1.67. The Balaban J connectivity index is 2.44. The molecular weight excluding hydrogens is 244 g/mol. The normalized spacial score (nSPS) is 19.3. The van der Waals surface area contributed by atoms with E-state index in [-0.39, 0.29) is 12.0 Å². The minimum Gasteiger partial charge on any atom is -0.465 e. The summed E-state index contributed by atoms with van der Waals surface area (Å²) in [5.41, 5.74) is 7.96. The van der Waals surface area contributed by atoms with Crippen molar-refractivity contribution >= 4 is 17.3 Å². The van der Waals surface area contributed by atoms with Gasteiger partial charge in [-0.15, -0.1) is 0 Å². The third-order valence-corrected chi connectivity index (χ3v) is 3.46. The van der Waals surface area contributed by atoms with Crippen LogP contribution in [0.3, 0.4) is 0 Å². The number of ether oxygens (including phenoxy) is 2. The number of carbonyl (C=O) groups is 1. The Morgan fingerprint density at radius 1 is 1.58 bits per heavy atom. The predicted molar refractivity (Wildman–Crippen MR) is 74.4 cm³/mol. The maximum absolute atomic E-state index is 11.9. The van der Waals surface area contributed by atoms with Crippen molar-refractivity contribution in [3.05, 3.63) is 23.8 Å². The van der Waals surface area contributed by atoms with Gasteiger partial charge in [-0.1, -0.05) is 13.0 Å². The van der Waals surface area contributed by atoms with Crippen LogP contribution in [0.5, 0.6) is 0 Å². The van der Waals surface area contributed by atoms with Crippen LogP contribution in [0.4, 0.5) is 11.4 Å². The summed E-state index contributed by atoms with van der Waals surface area (Å²) in [6, 6.07) is 5.57. The van der Waals surface area contributed by atoms with Crippen molar-refractivity contribution in [3.8, 4) is 0 Å². The molecule has 1 fully saturated rings. The van der Waals surface area contributed by atoms with E-state index in [9.17, 15) is 4.79 Å². The molecule has 0 aromatic heterocycles. The Morgan fingerprint density at radius 2 is 2.37 bits per heavy atom. The first kappa shape index (κ1) is 13.7. The van der Waals surface area contributed by atoms with E-state index in [0.29, 0.717) is 24.5 Å². The van der Waals surface area contributed by atoms with Crippen molar-refractivity contribution in [2.24, 2.45) is 0 Å². The fourth-order valence-corrected chi connectivity index (χ4v) is 2.44. The minimum atomic E-state index is -0.358. The standard InChI is InChI=1S/C14H20N2O3/c1-3-10-9-19-8-7-16(10)13-11(14(17)18-2)5-4-6-12(13)15/h4-6,10H,3,7-9,15H2,1-2H3. The minimum absolute atomic E-state index is 0.238. The van der Waals surface area contributed by atoms with E-state index >= 15 is 0 Å². The van der Waals surface area contributed by atoms with Gasteiger partial charge in [-0.3, -0.25) is 0 Å². The van der Waals surface area contributed by atoms with Gasteiger partial charge < -0.3 is 20.1 Å². The molecule has 1 aromatic carbocycles. The molecule has 1 atom stereocenters. The van der Waals surface area contributed by atoms with Crippen LogP contribution in [0.15, 0.2) is 18.2 Å². The first-order valence-corrected chi connectivity index (χ1v) is 6.50. The van der Waals surface area contributed by atoms with Crippen molar-refractivity contribution in [2.75, 3.05) is 37.5 Å². The van der Waals surface area contributed by atoms with Gasteiger partial charge in [0.1, 0.15) is 0 Å². The number of nitrogens with zero attached hydrogens (tertiary/aromatic N) is 1. The Labute approximate surface area is 113 Å². The van der Waals surface area contributed by atoms with E-state index in [0.717, 1.165) is 18.7 Å². The molecule has 1 saturated heterocycles. The van der Waals surface area contributed by atoms with Gasteiger partial charge in [0.05, 0.1) is 43.3 Å². The van der Waals surface area contributed by atoms with Crippen LogP contribution < -0.4 is 10.6 Å². The second kappa shape index (κ2) is 5.93. The van der Waals surface area contributed by atoms with Crippen LogP contribution in [-0.2, 0) is 9.47 Å². The molecule has 1 aliphatic heterocycles. The van der Waals surface area contributed by atoms with E-state index < -0.39 is 0 Å². The van der Waals surface area contributed by atoms with Gasteiger partial charge in [0, 0.05) is 6.54 Å². The maximum Gasteiger partial charge on any atom is 0.340 e. The van der Waals surface area contributed by atoms with Crippen molar-refractivity contribution in [3.63, 3.8) is 0 Å². The third kappa shape index (κ3) is 2.66. The number of nitrogens with two attached hydrogens (primary N) is 1. The second-order valence-corrected chi connectivity index (χ2v) is 4.57. The molecule has 104 valence electrons. The van der Waals surface area contributed by atoms with Crippen molar-refractivity contribution < 1.29 is 14.3 Å².